The van der Waals surface area contributed by atoms with E-state index in [1.165, 1.54) is 0 Å². The zero-order chi connectivity index (χ0) is 10.8. The molecule has 1 aliphatic heterocycles. The lowest BCUT2D eigenvalue weighted by Crippen LogP contribution is -2.14. The smallest absolute Gasteiger partial charge is 0.350 e. The summed E-state index contributed by atoms with van der Waals surface area (Å²) in [7, 11) is 0. The molecule has 0 spiro atoms. The molecule has 76 valence electrons. The van der Waals surface area contributed by atoms with Gasteiger partial charge in [0, 0.05) is 6.08 Å². The Labute approximate surface area is 89.5 Å². The van der Waals surface area contributed by atoms with Gasteiger partial charge in [0.2, 0.25) is 0 Å². The minimum atomic E-state index is -1.16. The van der Waals surface area contributed by atoms with Crippen molar-refractivity contribution in [3.63, 3.8) is 0 Å². The van der Waals surface area contributed by atoms with Crippen molar-refractivity contribution in [3.8, 4) is 5.75 Å². The van der Waals surface area contributed by atoms with E-state index in [9.17, 15) is 9.59 Å². The van der Waals surface area contributed by atoms with E-state index in [2.05, 4.69) is 0 Å². The molecular weight excluding hydrogens is 216 g/mol. The van der Waals surface area contributed by atoms with Crippen LogP contribution in [-0.4, -0.2) is 17.0 Å². The van der Waals surface area contributed by atoms with Crippen LogP contribution >= 0.6 is 11.8 Å². The van der Waals surface area contributed by atoms with Crippen molar-refractivity contribution in [3.05, 3.63) is 35.2 Å². The SMILES string of the molecule is O=C(O)/C=C1\Sc2ccccc2OC1=O. The Morgan fingerprint density at radius 3 is 2.87 bits per heavy atom. The molecule has 0 fully saturated rings. The second-order valence-electron chi connectivity index (χ2n) is 2.79. The molecule has 4 nitrogen and oxygen atoms in total. The molecule has 0 aromatic heterocycles. The van der Waals surface area contributed by atoms with Gasteiger partial charge in [0.25, 0.3) is 0 Å². The van der Waals surface area contributed by atoms with Crippen LogP contribution in [0.5, 0.6) is 5.75 Å². The molecule has 1 heterocycles. The van der Waals surface area contributed by atoms with Crippen molar-refractivity contribution in [1.82, 2.24) is 0 Å². The van der Waals surface area contributed by atoms with Crippen molar-refractivity contribution in [2.75, 3.05) is 0 Å². The van der Waals surface area contributed by atoms with Gasteiger partial charge in [0.05, 0.1) is 4.90 Å². The Morgan fingerprint density at radius 1 is 1.40 bits per heavy atom. The molecule has 1 aromatic rings. The molecule has 2 rings (SSSR count). The van der Waals surface area contributed by atoms with Crippen LogP contribution in [-0.2, 0) is 9.59 Å². The lowest BCUT2D eigenvalue weighted by molar-refractivity contribution is -0.133. The van der Waals surface area contributed by atoms with Gasteiger partial charge in [-0.3, -0.25) is 0 Å². The van der Waals surface area contributed by atoms with Crippen molar-refractivity contribution >= 4 is 23.7 Å². The summed E-state index contributed by atoms with van der Waals surface area (Å²) < 4.78 is 4.95. The van der Waals surface area contributed by atoms with Crippen LogP contribution in [0.25, 0.3) is 0 Å². The van der Waals surface area contributed by atoms with Gasteiger partial charge in [-0.2, -0.15) is 0 Å². The Bertz CT molecular complexity index is 464. The first kappa shape index (κ1) is 9.79. The molecule has 0 saturated heterocycles. The third-order valence-corrected chi connectivity index (χ3v) is 2.79. The maximum Gasteiger partial charge on any atom is 0.350 e. The summed E-state index contributed by atoms with van der Waals surface area (Å²) in [5.41, 5.74) is 0. The van der Waals surface area contributed by atoms with Gasteiger partial charge < -0.3 is 9.84 Å². The third-order valence-electron chi connectivity index (χ3n) is 1.73. The van der Waals surface area contributed by atoms with E-state index < -0.39 is 11.9 Å². The van der Waals surface area contributed by atoms with Crippen LogP contribution in [0.4, 0.5) is 0 Å². The highest BCUT2D eigenvalue weighted by Crippen LogP contribution is 2.39. The van der Waals surface area contributed by atoms with Gasteiger partial charge >= 0.3 is 11.9 Å². The van der Waals surface area contributed by atoms with E-state index in [4.69, 9.17) is 9.84 Å². The number of rotatable bonds is 1. The summed E-state index contributed by atoms with van der Waals surface area (Å²) >= 11 is 1.10. The van der Waals surface area contributed by atoms with Gasteiger partial charge in [-0.05, 0) is 12.1 Å². The number of ether oxygens (including phenoxy) is 1. The zero-order valence-corrected chi connectivity index (χ0v) is 8.28. The average molecular weight is 222 g/mol. The highest BCUT2D eigenvalue weighted by Gasteiger charge is 2.23. The van der Waals surface area contributed by atoms with Gasteiger partial charge in [-0.25, -0.2) is 9.59 Å². The number of esters is 1. The van der Waals surface area contributed by atoms with E-state index in [0.29, 0.717) is 5.75 Å². The van der Waals surface area contributed by atoms with Crippen LogP contribution < -0.4 is 4.74 Å². The average Bonchev–Trinajstić information content (AvgIpc) is 2.18. The first-order valence-electron chi connectivity index (χ1n) is 4.10. The molecule has 0 radical (unpaired) electrons. The number of thioether (sulfide) groups is 1. The van der Waals surface area contributed by atoms with Crippen LogP contribution in [0.3, 0.4) is 0 Å². The van der Waals surface area contributed by atoms with Crippen LogP contribution in [0.1, 0.15) is 0 Å². The standard InChI is InChI=1S/C10H6O4S/c11-9(12)5-8-10(13)14-6-3-1-2-4-7(6)15-8/h1-5H,(H,11,12)/b8-5-. The molecule has 15 heavy (non-hydrogen) atoms. The van der Waals surface area contributed by atoms with Crippen molar-refractivity contribution < 1.29 is 19.4 Å². The predicted octanol–water partition coefficient (Wildman–Crippen LogP) is 1.67. The maximum absolute atomic E-state index is 11.3. The van der Waals surface area contributed by atoms with Gasteiger partial charge in [0.15, 0.2) is 0 Å². The highest BCUT2D eigenvalue weighted by atomic mass is 32.2. The maximum atomic E-state index is 11.3. The second kappa shape index (κ2) is 3.78. The molecule has 0 atom stereocenters. The summed E-state index contributed by atoms with van der Waals surface area (Å²) in [5.74, 6) is -1.31. The largest absolute Gasteiger partial charge is 0.478 e. The summed E-state index contributed by atoms with van der Waals surface area (Å²) in [4.78, 5) is 22.6. The lowest BCUT2D eigenvalue weighted by atomic mass is 10.3. The first-order chi connectivity index (χ1) is 7.16. The molecule has 1 aliphatic rings. The predicted molar refractivity (Wildman–Crippen MR) is 53.7 cm³/mol. The van der Waals surface area contributed by atoms with Gasteiger partial charge in [0.1, 0.15) is 10.7 Å². The Morgan fingerprint density at radius 2 is 2.13 bits per heavy atom. The highest BCUT2D eigenvalue weighted by molar-refractivity contribution is 8.04. The quantitative estimate of drug-likeness (QED) is 0.445. The van der Waals surface area contributed by atoms with E-state index >= 15 is 0 Å². The number of benzene rings is 1. The van der Waals surface area contributed by atoms with Gasteiger partial charge in [-0.1, -0.05) is 23.9 Å². The van der Waals surface area contributed by atoms with Crippen LogP contribution in [0, 0.1) is 0 Å². The molecule has 5 heteroatoms. The summed E-state index contributed by atoms with van der Waals surface area (Å²) in [6.45, 7) is 0. The Hall–Kier alpha value is -1.75. The second-order valence-corrected chi connectivity index (χ2v) is 3.87. The summed E-state index contributed by atoms with van der Waals surface area (Å²) in [6.07, 6.45) is 0.850. The molecule has 0 bridgehead atoms. The number of carboxylic acids is 1. The van der Waals surface area contributed by atoms with Crippen LogP contribution in [0.2, 0.25) is 0 Å². The van der Waals surface area contributed by atoms with E-state index in [1.54, 1.807) is 24.3 Å². The number of carbonyl (C=O) groups is 2. The van der Waals surface area contributed by atoms with Crippen molar-refractivity contribution in [1.29, 1.82) is 0 Å². The first-order valence-corrected chi connectivity index (χ1v) is 4.92. The molecular formula is C10H6O4S. The molecule has 0 aliphatic carbocycles. The fourth-order valence-electron chi connectivity index (χ4n) is 1.13. The number of carboxylic acid groups (broad SMARTS) is 1. The van der Waals surface area contributed by atoms with Crippen molar-refractivity contribution in [2.45, 2.75) is 4.90 Å². The van der Waals surface area contributed by atoms with E-state index in [0.717, 1.165) is 22.7 Å². The minimum Gasteiger partial charge on any atom is -0.478 e. The normalized spacial score (nSPS) is 17.1. The van der Waals surface area contributed by atoms with Crippen LogP contribution in [0.15, 0.2) is 40.1 Å². The number of aliphatic carboxylic acids is 1. The van der Waals surface area contributed by atoms with Gasteiger partial charge in [-0.15, -0.1) is 0 Å². The molecule has 0 amide bonds. The molecule has 0 unspecified atom stereocenters. The molecule has 1 N–H and O–H groups in total. The van der Waals surface area contributed by atoms with Crippen molar-refractivity contribution in [2.24, 2.45) is 0 Å². The topological polar surface area (TPSA) is 63.6 Å². The number of hydrogen-bond acceptors (Lipinski definition) is 4. The molecule has 0 saturated carbocycles. The number of hydrogen-bond donors (Lipinski definition) is 1. The number of carbonyl (C=O) groups excluding carboxylic acids is 1. The zero-order valence-electron chi connectivity index (χ0n) is 7.47. The summed E-state index contributed by atoms with van der Waals surface area (Å²) in [6, 6.07) is 6.97. The Balaban J connectivity index is 2.38. The fourth-order valence-corrected chi connectivity index (χ4v) is 2.01. The lowest BCUT2D eigenvalue weighted by Gasteiger charge is -2.15. The monoisotopic (exact) mass is 222 g/mol. The third kappa shape index (κ3) is 2.02. The van der Waals surface area contributed by atoms with E-state index in [1.807, 2.05) is 0 Å². The number of fused-ring (bicyclic) bond motifs is 1. The summed E-state index contributed by atoms with van der Waals surface area (Å²) in [5, 5.41) is 8.53. The number of para-hydroxylation sites is 1. The molecule has 1 aromatic carbocycles. The minimum absolute atomic E-state index is 0.0844. The fraction of sp³-hybridized carbons (Fsp3) is 0. The van der Waals surface area contributed by atoms with E-state index in [-0.39, 0.29) is 4.91 Å². The Kier molecular flexibility index (Phi) is 2.47.